The number of carbonyl (C=O) groups excluding carboxylic acids is 1. The third-order valence-electron chi connectivity index (χ3n) is 1.30. The largest absolute Gasteiger partial charge is 0.299 e. The Balaban J connectivity index is 2.81. The van der Waals surface area contributed by atoms with Gasteiger partial charge in [-0.2, -0.15) is 0 Å². The highest BCUT2D eigenvalue weighted by molar-refractivity contribution is 5.73. The second-order valence-electron chi connectivity index (χ2n) is 2.23. The Labute approximate surface area is 65.6 Å². The van der Waals surface area contributed by atoms with Crippen LogP contribution in [-0.4, -0.2) is 11.3 Å². The summed E-state index contributed by atoms with van der Waals surface area (Å²) in [6, 6.07) is 3.83. The van der Waals surface area contributed by atoms with Gasteiger partial charge in [-0.1, -0.05) is 12.1 Å². The van der Waals surface area contributed by atoms with Gasteiger partial charge >= 0.3 is 0 Å². The van der Waals surface area contributed by atoms with Gasteiger partial charge in [0.05, 0.1) is 0 Å². The number of aryl methyl sites for hydroxylation is 1. The first-order valence-corrected chi connectivity index (χ1v) is 3.37. The zero-order valence-electron chi connectivity index (χ0n) is 6.32. The molecule has 0 fully saturated rings. The monoisotopic (exact) mass is 147 g/mol. The zero-order valence-corrected chi connectivity index (χ0v) is 6.32. The van der Waals surface area contributed by atoms with Gasteiger partial charge in [-0.05, 0) is 24.6 Å². The van der Waals surface area contributed by atoms with Gasteiger partial charge < -0.3 is 0 Å². The van der Waals surface area contributed by atoms with Gasteiger partial charge in [0, 0.05) is 11.9 Å². The van der Waals surface area contributed by atoms with E-state index >= 15 is 0 Å². The molecule has 0 spiro atoms. The van der Waals surface area contributed by atoms with E-state index in [-0.39, 0.29) is 0 Å². The topological polar surface area (TPSA) is 30.0 Å². The van der Waals surface area contributed by atoms with E-state index in [9.17, 15) is 4.79 Å². The van der Waals surface area contributed by atoms with Crippen molar-refractivity contribution in [3.63, 3.8) is 0 Å². The van der Waals surface area contributed by atoms with Crippen molar-refractivity contribution < 1.29 is 4.79 Å². The van der Waals surface area contributed by atoms with E-state index in [0.29, 0.717) is 0 Å². The molecule has 0 aromatic carbocycles. The first kappa shape index (κ1) is 7.66. The number of pyridine rings is 1. The number of hydrogen-bond donors (Lipinski definition) is 0. The van der Waals surface area contributed by atoms with Gasteiger partial charge in [0.2, 0.25) is 0 Å². The summed E-state index contributed by atoms with van der Waals surface area (Å²) in [6.45, 7) is 1.92. The standard InChI is InChI=1S/C9H9NO/c1-8-4-5-9(7-10-8)3-2-6-11/h2-7H,1H3/b3-2+. The van der Waals surface area contributed by atoms with Crippen LogP contribution in [0.5, 0.6) is 0 Å². The van der Waals surface area contributed by atoms with Crippen molar-refractivity contribution in [3.05, 3.63) is 35.7 Å². The SMILES string of the molecule is Cc1ccc(/C=C/C=O)cn1. The molecule has 1 rings (SSSR count). The second kappa shape index (κ2) is 3.66. The smallest absolute Gasteiger partial charge is 0.142 e. The number of carbonyl (C=O) groups is 1. The molecular formula is C9H9NO. The Hall–Kier alpha value is -1.44. The van der Waals surface area contributed by atoms with Crippen LogP contribution in [0.4, 0.5) is 0 Å². The minimum absolute atomic E-state index is 0.750. The quantitative estimate of drug-likeness (QED) is 0.469. The molecule has 0 unspecified atom stereocenters. The van der Waals surface area contributed by atoms with Crippen LogP contribution < -0.4 is 0 Å². The van der Waals surface area contributed by atoms with Crippen LogP contribution in [0, 0.1) is 6.92 Å². The Morgan fingerprint density at radius 2 is 2.27 bits per heavy atom. The van der Waals surface area contributed by atoms with E-state index in [2.05, 4.69) is 4.98 Å². The Bertz CT molecular complexity index is 261. The predicted molar refractivity (Wildman–Crippen MR) is 44.1 cm³/mol. The minimum Gasteiger partial charge on any atom is -0.299 e. The highest BCUT2D eigenvalue weighted by Crippen LogP contribution is 2.00. The summed E-state index contributed by atoms with van der Waals surface area (Å²) in [7, 11) is 0. The molecular weight excluding hydrogens is 138 g/mol. The van der Waals surface area contributed by atoms with Gasteiger partial charge in [-0.25, -0.2) is 0 Å². The predicted octanol–water partition coefficient (Wildman–Crippen LogP) is 1.60. The van der Waals surface area contributed by atoms with Crippen LogP contribution >= 0.6 is 0 Å². The van der Waals surface area contributed by atoms with E-state index in [4.69, 9.17) is 0 Å². The van der Waals surface area contributed by atoms with Gasteiger partial charge in [-0.3, -0.25) is 9.78 Å². The highest BCUT2D eigenvalue weighted by atomic mass is 16.1. The van der Waals surface area contributed by atoms with Crippen LogP contribution in [0.2, 0.25) is 0 Å². The lowest BCUT2D eigenvalue weighted by atomic mass is 10.2. The number of hydrogen-bond acceptors (Lipinski definition) is 2. The first-order valence-electron chi connectivity index (χ1n) is 3.37. The summed E-state index contributed by atoms with van der Waals surface area (Å²) in [5, 5.41) is 0. The molecule has 0 atom stereocenters. The van der Waals surface area contributed by atoms with Gasteiger partial charge in [0.15, 0.2) is 0 Å². The average Bonchev–Trinajstić information content (AvgIpc) is 2.04. The van der Waals surface area contributed by atoms with Crippen LogP contribution in [0.3, 0.4) is 0 Å². The van der Waals surface area contributed by atoms with Crippen molar-refractivity contribution in [2.24, 2.45) is 0 Å². The fourth-order valence-corrected chi connectivity index (χ4v) is 0.728. The second-order valence-corrected chi connectivity index (χ2v) is 2.23. The number of aldehydes is 1. The number of allylic oxidation sites excluding steroid dienone is 1. The van der Waals surface area contributed by atoms with Crippen LogP contribution in [-0.2, 0) is 4.79 Å². The zero-order chi connectivity index (χ0) is 8.10. The van der Waals surface area contributed by atoms with Crippen molar-refractivity contribution >= 4 is 12.4 Å². The minimum atomic E-state index is 0.750. The summed E-state index contributed by atoms with van der Waals surface area (Å²) in [5.41, 5.74) is 1.93. The van der Waals surface area contributed by atoms with Crippen LogP contribution in [0.15, 0.2) is 24.4 Å². The number of aromatic nitrogens is 1. The van der Waals surface area contributed by atoms with Gasteiger partial charge in [-0.15, -0.1) is 0 Å². The fraction of sp³-hybridized carbons (Fsp3) is 0.111. The third-order valence-corrected chi connectivity index (χ3v) is 1.30. The van der Waals surface area contributed by atoms with Crippen molar-refractivity contribution in [2.45, 2.75) is 6.92 Å². The van der Waals surface area contributed by atoms with E-state index in [1.807, 2.05) is 19.1 Å². The van der Waals surface area contributed by atoms with E-state index < -0.39 is 0 Å². The molecule has 0 saturated carbocycles. The maximum Gasteiger partial charge on any atom is 0.142 e. The molecule has 56 valence electrons. The number of rotatable bonds is 2. The van der Waals surface area contributed by atoms with Crippen molar-refractivity contribution in [1.82, 2.24) is 4.98 Å². The maximum atomic E-state index is 9.94. The summed E-state index contributed by atoms with van der Waals surface area (Å²) in [5.74, 6) is 0. The summed E-state index contributed by atoms with van der Waals surface area (Å²) in [6.07, 6.45) is 5.65. The Morgan fingerprint density at radius 3 is 2.82 bits per heavy atom. The van der Waals surface area contributed by atoms with Crippen LogP contribution in [0.1, 0.15) is 11.3 Å². The highest BCUT2D eigenvalue weighted by Gasteiger charge is 1.85. The van der Waals surface area contributed by atoms with Gasteiger partial charge in [0.25, 0.3) is 0 Å². The Kier molecular flexibility index (Phi) is 2.55. The molecule has 0 N–H and O–H groups in total. The van der Waals surface area contributed by atoms with Crippen molar-refractivity contribution in [2.75, 3.05) is 0 Å². The summed E-state index contributed by atoms with van der Waals surface area (Å²) < 4.78 is 0. The first-order chi connectivity index (χ1) is 5.33. The molecule has 0 aliphatic rings. The van der Waals surface area contributed by atoms with Gasteiger partial charge in [0.1, 0.15) is 6.29 Å². The lowest BCUT2D eigenvalue weighted by molar-refractivity contribution is -0.104. The molecule has 1 aromatic heterocycles. The summed E-state index contributed by atoms with van der Waals surface area (Å²) >= 11 is 0. The normalized spacial score (nSPS) is 10.3. The van der Waals surface area contributed by atoms with E-state index in [1.54, 1.807) is 12.3 Å². The number of nitrogens with zero attached hydrogens (tertiary/aromatic N) is 1. The molecule has 0 aliphatic carbocycles. The Morgan fingerprint density at radius 1 is 1.45 bits per heavy atom. The lowest BCUT2D eigenvalue weighted by Crippen LogP contribution is -1.79. The molecule has 0 amide bonds. The lowest BCUT2D eigenvalue weighted by Gasteiger charge is -1.91. The fourth-order valence-electron chi connectivity index (χ4n) is 0.728. The van der Waals surface area contributed by atoms with Crippen molar-refractivity contribution in [3.8, 4) is 0 Å². The maximum absolute atomic E-state index is 9.94. The molecule has 0 saturated heterocycles. The van der Waals surface area contributed by atoms with Crippen molar-refractivity contribution in [1.29, 1.82) is 0 Å². The summed E-state index contributed by atoms with van der Waals surface area (Å²) in [4.78, 5) is 14.0. The third kappa shape index (κ3) is 2.34. The molecule has 0 bridgehead atoms. The van der Waals surface area contributed by atoms with E-state index in [1.165, 1.54) is 6.08 Å². The average molecular weight is 147 g/mol. The molecule has 0 radical (unpaired) electrons. The molecule has 1 heterocycles. The molecule has 11 heavy (non-hydrogen) atoms. The molecule has 0 aliphatic heterocycles. The van der Waals surface area contributed by atoms with Crippen LogP contribution in [0.25, 0.3) is 6.08 Å². The molecule has 2 nitrogen and oxygen atoms in total. The molecule has 2 heteroatoms. The van der Waals surface area contributed by atoms with E-state index in [0.717, 1.165) is 17.5 Å². The molecule has 1 aromatic rings.